The second kappa shape index (κ2) is 7.58. The third-order valence-corrected chi connectivity index (χ3v) is 5.83. The fourth-order valence-corrected chi connectivity index (χ4v) is 4.21. The third-order valence-electron chi connectivity index (χ3n) is 5.57. The summed E-state index contributed by atoms with van der Waals surface area (Å²) in [7, 11) is 3.31. The topological polar surface area (TPSA) is 43.3 Å². The Balaban J connectivity index is 1.59. The van der Waals surface area contributed by atoms with Gasteiger partial charge in [-0.25, -0.2) is 5.01 Å². The summed E-state index contributed by atoms with van der Waals surface area (Å²) in [5.74, 6) is 2.38. The highest BCUT2D eigenvalue weighted by Gasteiger charge is 2.41. The molecule has 0 amide bonds. The Morgan fingerprint density at radius 3 is 2.57 bits per heavy atom. The van der Waals surface area contributed by atoms with Gasteiger partial charge in [0, 0.05) is 34.2 Å². The normalized spacial score (nSPS) is 19.4. The van der Waals surface area contributed by atoms with Gasteiger partial charge in [0.1, 0.15) is 17.2 Å². The molecule has 0 bridgehead atoms. The molecular formula is C24H21ClN2O3. The highest BCUT2D eigenvalue weighted by molar-refractivity contribution is 6.30. The maximum atomic E-state index is 6.37. The number of hydrogen-bond acceptors (Lipinski definition) is 5. The van der Waals surface area contributed by atoms with E-state index in [1.54, 1.807) is 14.2 Å². The van der Waals surface area contributed by atoms with Crippen molar-refractivity contribution in [3.05, 3.63) is 88.4 Å². The average molecular weight is 421 g/mol. The van der Waals surface area contributed by atoms with Crippen molar-refractivity contribution in [2.24, 2.45) is 5.10 Å². The molecule has 0 saturated carbocycles. The Labute approximate surface area is 180 Å². The molecule has 0 aromatic heterocycles. The van der Waals surface area contributed by atoms with E-state index in [0.717, 1.165) is 46.1 Å². The van der Waals surface area contributed by atoms with Crippen LogP contribution >= 0.6 is 11.6 Å². The van der Waals surface area contributed by atoms with E-state index >= 15 is 0 Å². The molecule has 2 atom stereocenters. The first kappa shape index (κ1) is 18.8. The lowest BCUT2D eigenvalue weighted by Gasteiger charge is -2.38. The average Bonchev–Trinajstić information content (AvgIpc) is 3.24. The van der Waals surface area contributed by atoms with Crippen LogP contribution < -0.4 is 14.2 Å². The quantitative estimate of drug-likeness (QED) is 0.551. The van der Waals surface area contributed by atoms with Gasteiger partial charge >= 0.3 is 0 Å². The highest BCUT2D eigenvalue weighted by Crippen LogP contribution is 2.48. The number of hydrazone groups is 1. The van der Waals surface area contributed by atoms with Crippen molar-refractivity contribution in [2.45, 2.75) is 18.7 Å². The van der Waals surface area contributed by atoms with E-state index in [1.807, 2.05) is 65.7 Å². The van der Waals surface area contributed by atoms with E-state index < -0.39 is 0 Å². The highest BCUT2D eigenvalue weighted by atomic mass is 35.5. The molecule has 0 fully saturated rings. The van der Waals surface area contributed by atoms with Gasteiger partial charge in [0.2, 0.25) is 6.23 Å². The molecule has 6 heteroatoms. The van der Waals surface area contributed by atoms with E-state index in [2.05, 4.69) is 6.07 Å². The zero-order chi connectivity index (χ0) is 20.7. The van der Waals surface area contributed by atoms with Crippen LogP contribution in [-0.2, 0) is 0 Å². The number of nitrogens with zero attached hydrogens (tertiary/aromatic N) is 2. The van der Waals surface area contributed by atoms with Crippen molar-refractivity contribution in [2.75, 3.05) is 14.2 Å². The zero-order valence-electron chi connectivity index (χ0n) is 16.7. The molecule has 2 heterocycles. The Morgan fingerprint density at radius 1 is 1.00 bits per heavy atom. The predicted molar refractivity (Wildman–Crippen MR) is 117 cm³/mol. The van der Waals surface area contributed by atoms with Crippen LogP contribution in [0, 0.1) is 0 Å². The maximum absolute atomic E-state index is 6.37. The lowest BCUT2D eigenvalue weighted by atomic mass is 9.95. The molecule has 0 aliphatic carbocycles. The Bertz CT molecular complexity index is 1110. The van der Waals surface area contributed by atoms with Crippen LogP contribution in [0.3, 0.4) is 0 Å². The molecule has 2 aliphatic rings. The first-order chi connectivity index (χ1) is 14.7. The number of rotatable bonds is 4. The second-order valence-electron chi connectivity index (χ2n) is 7.27. The number of benzene rings is 3. The van der Waals surface area contributed by atoms with Crippen molar-refractivity contribution >= 4 is 17.3 Å². The van der Waals surface area contributed by atoms with Crippen LogP contribution in [0.15, 0.2) is 71.8 Å². The van der Waals surface area contributed by atoms with Gasteiger partial charge in [0.05, 0.1) is 26.0 Å². The van der Waals surface area contributed by atoms with Gasteiger partial charge in [0.25, 0.3) is 0 Å². The van der Waals surface area contributed by atoms with E-state index in [0.29, 0.717) is 5.02 Å². The number of fused-ring (bicyclic) bond motifs is 3. The zero-order valence-corrected chi connectivity index (χ0v) is 17.5. The van der Waals surface area contributed by atoms with Crippen molar-refractivity contribution in [1.82, 2.24) is 5.01 Å². The summed E-state index contributed by atoms with van der Waals surface area (Å²) in [4.78, 5) is 0. The van der Waals surface area contributed by atoms with Crippen LogP contribution in [-0.4, -0.2) is 24.9 Å². The standard InChI is InChI=1S/C24H21ClN2O3/c1-28-17-11-12-18(23(13-17)29-2)20-14-21-19-5-3-4-6-22(19)30-24(27(21)26-20)15-7-9-16(25)10-8-15/h3-13,21,24H,14H2,1-2H3. The summed E-state index contributed by atoms with van der Waals surface area (Å²) in [5, 5.41) is 7.74. The number of methoxy groups -OCH3 is 2. The number of hydrogen-bond donors (Lipinski definition) is 0. The molecule has 2 aliphatic heterocycles. The number of para-hydroxylation sites is 1. The number of ether oxygens (including phenoxy) is 3. The van der Waals surface area contributed by atoms with E-state index in [1.165, 1.54) is 0 Å². The van der Waals surface area contributed by atoms with Crippen molar-refractivity contribution in [3.8, 4) is 17.2 Å². The van der Waals surface area contributed by atoms with Gasteiger partial charge in [-0.05, 0) is 30.3 Å². The lowest BCUT2D eigenvalue weighted by Crippen LogP contribution is -2.33. The minimum Gasteiger partial charge on any atom is -0.497 e. The molecule has 3 aromatic rings. The van der Waals surface area contributed by atoms with E-state index in [-0.39, 0.29) is 12.3 Å². The molecule has 3 aromatic carbocycles. The van der Waals surface area contributed by atoms with Crippen molar-refractivity contribution in [3.63, 3.8) is 0 Å². The SMILES string of the molecule is COc1ccc(C2=NN3C(C2)c2ccccc2OC3c2ccc(Cl)cc2)c(OC)c1. The van der Waals surface area contributed by atoms with Gasteiger partial charge in [-0.3, -0.25) is 0 Å². The molecule has 5 rings (SSSR count). The summed E-state index contributed by atoms with van der Waals surface area (Å²) in [6, 6.07) is 21.8. The van der Waals surface area contributed by atoms with Crippen LogP contribution in [0.1, 0.15) is 35.4 Å². The molecule has 5 nitrogen and oxygen atoms in total. The molecule has 0 radical (unpaired) electrons. The first-order valence-corrected chi connectivity index (χ1v) is 10.1. The van der Waals surface area contributed by atoms with Crippen LogP contribution in [0.4, 0.5) is 0 Å². The van der Waals surface area contributed by atoms with Crippen LogP contribution in [0.2, 0.25) is 5.02 Å². The minimum absolute atomic E-state index is 0.0810. The number of halogens is 1. The maximum Gasteiger partial charge on any atom is 0.213 e. The largest absolute Gasteiger partial charge is 0.497 e. The fraction of sp³-hybridized carbons (Fsp3) is 0.208. The molecule has 0 spiro atoms. The predicted octanol–water partition coefficient (Wildman–Crippen LogP) is 5.60. The molecule has 0 N–H and O–H groups in total. The van der Waals surface area contributed by atoms with Crippen LogP contribution in [0.5, 0.6) is 17.2 Å². The van der Waals surface area contributed by atoms with Gasteiger partial charge < -0.3 is 14.2 Å². The Morgan fingerprint density at radius 2 is 1.80 bits per heavy atom. The van der Waals surface area contributed by atoms with Gasteiger partial charge in [-0.2, -0.15) is 5.10 Å². The third kappa shape index (κ3) is 3.15. The minimum atomic E-state index is -0.330. The Hall–Kier alpha value is -3.18. The summed E-state index contributed by atoms with van der Waals surface area (Å²) >= 11 is 6.10. The fourth-order valence-electron chi connectivity index (χ4n) is 4.08. The summed E-state index contributed by atoms with van der Waals surface area (Å²) in [6.45, 7) is 0. The smallest absolute Gasteiger partial charge is 0.213 e. The molecule has 0 saturated heterocycles. The summed E-state index contributed by atoms with van der Waals surface area (Å²) in [5.41, 5.74) is 4.05. The first-order valence-electron chi connectivity index (χ1n) is 9.77. The molecule has 152 valence electrons. The van der Waals surface area contributed by atoms with Crippen LogP contribution in [0.25, 0.3) is 0 Å². The summed E-state index contributed by atoms with van der Waals surface area (Å²) < 4.78 is 17.3. The van der Waals surface area contributed by atoms with Crippen molar-refractivity contribution in [1.29, 1.82) is 0 Å². The van der Waals surface area contributed by atoms with E-state index in [4.69, 9.17) is 30.9 Å². The van der Waals surface area contributed by atoms with Gasteiger partial charge in [-0.1, -0.05) is 41.9 Å². The second-order valence-corrected chi connectivity index (χ2v) is 7.71. The monoisotopic (exact) mass is 420 g/mol. The van der Waals surface area contributed by atoms with Gasteiger partial charge in [0.15, 0.2) is 0 Å². The molecule has 30 heavy (non-hydrogen) atoms. The summed E-state index contributed by atoms with van der Waals surface area (Å²) in [6.07, 6.45) is 0.427. The van der Waals surface area contributed by atoms with E-state index in [9.17, 15) is 0 Å². The molecule has 2 unspecified atom stereocenters. The Kier molecular flexibility index (Phi) is 4.75. The van der Waals surface area contributed by atoms with Crippen molar-refractivity contribution < 1.29 is 14.2 Å². The van der Waals surface area contributed by atoms with Gasteiger partial charge in [-0.15, -0.1) is 0 Å². The molecular weight excluding hydrogens is 400 g/mol. The lowest BCUT2D eigenvalue weighted by molar-refractivity contribution is -0.0190.